The minimum atomic E-state index is -0.294. The second-order valence-electron chi connectivity index (χ2n) is 2.73. The number of nitrogen functional groups attached to an aromatic ring is 2. The number of hydrogen-bond donors (Lipinski definition) is 2. The summed E-state index contributed by atoms with van der Waals surface area (Å²) in [5.74, 6) is 5.34. The van der Waals surface area contributed by atoms with Crippen LogP contribution in [0.25, 0.3) is 10.9 Å². The Bertz CT molecular complexity index is 512. The number of hydrogen-bond acceptors (Lipinski definition) is 4. The Hall–Kier alpha value is -2.04. The van der Waals surface area contributed by atoms with E-state index in [4.69, 9.17) is 11.6 Å². The normalized spacial score (nSPS) is 10.5. The average Bonchev–Trinajstić information content (AvgIpc) is 2.12. The van der Waals surface area contributed by atoms with Gasteiger partial charge in [-0.3, -0.25) is 4.79 Å². The van der Waals surface area contributed by atoms with Crippen LogP contribution in [0.3, 0.4) is 0 Å². The van der Waals surface area contributed by atoms with Crippen LogP contribution in [-0.4, -0.2) is 9.66 Å². The lowest BCUT2D eigenvalue weighted by molar-refractivity contribution is 0.914. The van der Waals surface area contributed by atoms with Crippen LogP contribution in [0.2, 0.25) is 0 Å². The Kier molecular flexibility index (Phi) is 1.45. The van der Waals surface area contributed by atoms with E-state index in [1.54, 1.807) is 18.2 Å². The van der Waals surface area contributed by atoms with Crippen molar-refractivity contribution in [3.05, 3.63) is 34.9 Å². The van der Waals surface area contributed by atoms with Crippen molar-refractivity contribution < 1.29 is 0 Å². The molecule has 1 aromatic heterocycles. The number of fused-ring (bicyclic) bond motifs is 1. The van der Waals surface area contributed by atoms with Gasteiger partial charge in [-0.05, 0) is 18.2 Å². The standard InChI is InChI=1S/C8H8N4O/c9-5-1-2-7-6(3-5)8(13)12(10)4-11-7/h1-4H,9-10H2. The fraction of sp³-hybridized carbons (Fsp3) is 0. The third kappa shape index (κ3) is 1.10. The van der Waals surface area contributed by atoms with Crippen LogP contribution in [0.5, 0.6) is 0 Å². The van der Waals surface area contributed by atoms with Crippen molar-refractivity contribution in [2.24, 2.45) is 0 Å². The fourth-order valence-corrected chi connectivity index (χ4v) is 1.15. The van der Waals surface area contributed by atoms with Crippen molar-refractivity contribution in [2.75, 3.05) is 11.6 Å². The summed E-state index contributed by atoms with van der Waals surface area (Å²) in [6.45, 7) is 0. The maximum Gasteiger partial charge on any atom is 0.279 e. The minimum absolute atomic E-state index is 0.294. The topological polar surface area (TPSA) is 86.9 Å². The summed E-state index contributed by atoms with van der Waals surface area (Å²) in [6, 6.07) is 4.94. The monoisotopic (exact) mass is 176 g/mol. The third-order valence-corrected chi connectivity index (χ3v) is 1.81. The predicted molar refractivity (Wildman–Crippen MR) is 50.6 cm³/mol. The summed E-state index contributed by atoms with van der Waals surface area (Å²) in [5, 5.41) is 0.435. The summed E-state index contributed by atoms with van der Waals surface area (Å²) in [4.78, 5) is 15.4. The molecule has 0 saturated carbocycles. The van der Waals surface area contributed by atoms with Gasteiger partial charge >= 0.3 is 0 Å². The molecule has 0 amide bonds. The number of rotatable bonds is 0. The summed E-state index contributed by atoms with van der Waals surface area (Å²) in [6.07, 6.45) is 1.28. The molecule has 0 aliphatic heterocycles. The van der Waals surface area contributed by atoms with E-state index >= 15 is 0 Å². The van der Waals surface area contributed by atoms with Gasteiger partial charge in [-0.1, -0.05) is 0 Å². The molecule has 0 spiro atoms. The van der Waals surface area contributed by atoms with Crippen LogP contribution in [0.4, 0.5) is 5.69 Å². The molecule has 0 fully saturated rings. The van der Waals surface area contributed by atoms with Crippen LogP contribution in [0, 0.1) is 0 Å². The summed E-state index contributed by atoms with van der Waals surface area (Å²) < 4.78 is 0.932. The van der Waals surface area contributed by atoms with Gasteiger partial charge in [0.2, 0.25) is 0 Å². The first kappa shape index (κ1) is 7.60. The molecule has 2 aromatic rings. The van der Waals surface area contributed by atoms with Crippen LogP contribution < -0.4 is 17.1 Å². The van der Waals surface area contributed by atoms with E-state index in [2.05, 4.69) is 4.98 Å². The van der Waals surface area contributed by atoms with Crippen molar-refractivity contribution in [1.29, 1.82) is 0 Å². The average molecular weight is 176 g/mol. The molecule has 0 radical (unpaired) electrons. The molecule has 0 bridgehead atoms. The van der Waals surface area contributed by atoms with E-state index in [-0.39, 0.29) is 5.56 Å². The molecule has 1 heterocycles. The molecule has 0 unspecified atom stereocenters. The molecule has 0 aliphatic carbocycles. The van der Waals surface area contributed by atoms with Crippen molar-refractivity contribution in [3.8, 4) is 0 Å². The van der Waals surface area contributed by atoms with Gasteiger partial charge in [-0.25, -0.2) is 9.66 Å². The van der Waals surface area contributed by atoms with Crippen LogP contribution in [0.1, 0.15) is 0 Å². The van der Waals surface area contributed by atoms with Gasteiger partial charge in [0.15, 0.2) is 0 Å². The van der Waals surface area contributed by atoms with E-state index in [1.165, 1.54) is 6.33 Å². The van der Waals surface area contributed by atoms with Crippen molar-refractivity contribution in [1.82, 2.24) is 9.66 Å². The summed E-state index contributed by atoms with van der Waals surface area (Å²) in [7, 11) is 0. The summed E-state index contributed by atoms with van der Waals surface area (Å²) >= 11 is 0. The Balaban J connectivity index is 2.97. The highest BCUT2D eigenvalue weighted by molar-refractivity contribution is 5.80. The van der Waals surface area contributed by atoms with Crippen LogP contribution >= 0.6 is 0 Å². The highest BCUT2D eigenvalue weighted by Crippen LogP contribution is 2.10. The lowest BCUT2D eigenvalue weighted by atomic mass is 10.2. The predicted octanol–water partition coefficient (Wildman–Crippen LogP) is -0.308. The molecular weight excluding hydrogens is 168 g/mol. The zero-order chi connectivity index (χ0) is 9.42. The molecule has 13 heavy (non-hydrogen) atoms. The van der Waals surface area contributed by atoms with Crippen molar-refractivity contribution in [3.63, 3.8) is 0 Å². The molecule has 2 rings (SSSR count). The Labute approximate surface area is 73.6 Å². The van der Waals surface area contributed by atoms with Crippen LogP contribution in [-0.2, 0) is 0 Å². The highest BCUT2D eigenvalue weighted by Gasteiger charge is 2.01. The van der Waals surface area contributed by atoms with E-state index in [1.807, 2.05) is 0 Å². The van der Waals surface area contributed by atoms with Gasteiger partial charge in [0.25, 0.3) is 5.56 Å². The number of aromatic nitrogens is 2. The number of nitrogens with zero attached hydrogens (tertiary/aromatic N) is 2. The number of nitrogens with two attached hydrogens (primary N) is 2. The van der Waals surface area contributed by atoms with Gasteiger partial charge in [-0.2, -0.15) is 0 Å². The van der Waals surface area contributed by atoms with E-state index in [9.17, 15) is 4.79 Å². The maximum atomic E-state index is 11.4. The first-order valence-corrected chi connectivity index (χ1v) is 3.70. The maximum absolute atomic E-state index is 11.4. The molecule has 0 atom stereocenters. The summed E-state index contributed by atoms with van der Waals surface area (Å²) in [5.41, 5.74) is 6.36. The molecule has 0 aliphatic rings. The second kappa shape index (κ2) is 2.48. The van der Waals surface area contributed by atoms with E-state index in [0.29, 0.717) is 16.6 Å². The Morgan fingerprint density at radius 3 is 2.92 bits per heavy atom. The zero-order valence-electron chi connectivity index (χ0n) is 6.77. The van der Waals surface area contributed by atoms with Gasteiger partial charge in [0, 0.05) is 5.69 Å². The van der Waals surface area contributed by atoms with Crippen LogP contribution in [0.15, 0.2) is 29.3 Å². The first-order chi connectivity index (χ1) is 6.18. The molecule has 5 nitrogen and oxygen atoms in total. The van der Waals surface area contributed by atoms with Gasteiger partial charge in [-0.15, -0.1) is 0 Å². The lowest BCUT2D eigenvalue weighted by Crippen LogP contribution is -2.27. The lowest BCUT2D eigenvalue weighted by Gasteiger charge is -2.00. The fourth-order valence-electron chi connectivity index (χ4n) is 1.15. The quantitative estimate of drug-likeness (QED) is 0.426. The zero-order valence-corrected chi connectivity index (χ0v) is 6.77. The molecule has 4 N–H and O–H groups in total. The van der Waals surface area contributed by atoms with E-state index < -0.39 is 0 Å². The number of anilines is 1. The molecule has 1 aromatic carbocycles. The number of benzene rings is 1. The molecular formula is C8H8N4O. The third-order valence-electron chi connectivity index (χ3n) is 1.81. The smallest absolute Gasteiger partial charge is 0.279 e. The SMILES string of the molecule is Nc1ccc2ncn(N)c(=O)c2c1. The van der Waals surface area contributed by atoms with E-state index in [0.717, 1.165) is 4.68 Å². The highest BCUT2D eigenvalue weighted by atomic mass is 16.1. The van der Waals surface area contributed by atoms with Gasteiger partial charge in [0.05, 0.1) is 10.9 Å². The Morgan fingerprint density at radius 1 is 1.38 bits per heavy atom. The molecule has 66 valence electrons. The first-order valence-electron chi connectivity index (χ1n) is 3.70. The van der Waals surface area contributed by atoms with Gasteiger partial charge < -0.3 is 11.6 Å². The van der Waals surface area contributed by atoms with Gasteiger partial charge in [0.1, 0.15) is 6.33 Å². The Morgan fingerprint density at radius 2 is 2.15 bits per heavy atom. The minimum Gasteiger partial charge on any atom is -0.399 e. The molecule has 5 heteroatoms. The largest absolute Gasteiger partial charge is 0.399 e. The van der Waals surface area contributed by atoms with Crippen molar-refractivity contribution >= 4 is 16.6 Å². The second-order valence-corrected chi connectivity index (χ2v) is 2.73. The van der Waals surface area contributed by atoms with Crippen molar-refractivity contribution in [2.45, 2.75) is 0 Å². The molecule has 0 saturated heterocycles.